The van der Waals surface area contributed by atoms with Gasteiger partial charge in [-0.1, -0.05) is 0 Å². The van der Waals surface area contributed by atoms with Crippen LogP contribution < -0.4 is 0 Å². The lowest BCUT2D eigenvalue weighted by atomic mass is 13.8. The highest BCUT2D eigenvalue weighted by Gasteiger charge is 2.32. The second-order valence-electron chi connectivity index (χ2n) is 2.73. The third-order valence-electron chi connectivity index (χ3n) is 1.08. The Morgan fingerprint density at radius 1 is 0.450 bits per heavy atom. The van der Waals surface area contributed by atoms with Crippen LogP contribution in [0, 0.1) is 0 Å². The Bertz CT molecular complexity index is 507. The van der Waals surface area contributed by atoms with Crippen molar-refractivity contribution in [1.82, 2.24) is 0 Å². The molecule has 0 aromatic rings. The van der Waals surface area contributed by atoms with Gasteiger partial charge in [0.05, 0.1) is 0 Å². The van der Waals surface area contributed by atoms with E-state index in [0.29, 0.717) is 0 Å². The monoisotopic (exact) mass is 559 g/mol. The summed E-state index contributed by atoms with van der Waals surface area (Å²) < 4.78 is 31.4. The molecule has 0 spiro atoms. The third-order valence-corrected chi connectivity index (χ3v) is 20.6. The number of hydrogen-bond acceptors (Lipinski definition) is 5. The van der Waals surface area contributed by atoms with Gasteiger partial charge < -0.3 is 0 Å². The van der Waals surface area contributed by atoms with E-state index in [1.807, 2.05) is 0 Å². The smallest absolute Gasteiger partial charge is 0.185 e. The molecule has 1 aliphatic rings. The van der Waals surface area contributed by atoms with Gasteiger partial charge in [-0.25, -0.2) is 0 Å². The molecule has 1 aliphatic heterocycles. The van der Waals surface area contributed by atoms with Crippen molar-refractivity contribution in [2.75, 3.05) is 0 Å². The fourth-order valence-corrected chi connectivity index (χ4v) is 28.8. The van der Waals surface area contributed by atoms with Gasteiger partial charge in [-0.3, -0.25) is 0 Å². The average Bonchev–Trinajstić information content (AvgIpc) is 1.84. The molecule has 0 saturated heterocycles. The summed E-state index contributed by atoms with van der Waals surface area (Å²) in [6.07, 6.45) is 0. The van der Waals surface area contributed by atoms with Gasteiger partial charge in [0, 0.05) is 0 Å². The highest BCUT2D eigenvalue weighted by atomic mass is 35.9. The van der Waals surface area contributed by atoms with Crippen LogP contribution in [0.5, 0.6) is 0 Å². The van der Waals surface area contributed by atoms with Crippen LogP contribution in [0.3, 0.4) is 0 Å². The molecule has 5 nitrogen and oxygen atoms in total. The molecule has 0 amide bonds. The minimum Gasteiger partial charge on any atom is -0.185 e. The Balaban J connectivity index is 3.95. The number of nitrogens with zero attached hydrogens (tertiary/aromatic N) is 5. The van der Waals surface area contributed by atoms with Crippen molar-refractivity contribution in [2.45, 2.75) is 0 Å². The number of hydrogen-bond donors (Lipinski definition) is 0. The van der Waals surface area contributed by atoms with E-state index in [1.165, 1.54) is 0 Å². The SMILES string of the molecule is FP1(Cl)=NP(Cl)(Cl)=NP(Cl)(Cl)=NP(Cl)(Cl)=NP(Cl)(Cl)=N1. The lowest BCUT2D eigenvalue weighted by molar-refractivity contribution is 0.898. The topological polar surface area (TPSA) is 61.8 Å². The van der Waals surface area contributed by atoms with Gasteiger partial charge in [-0.05, 0) is 101 Å². The van der Waals surface area contributed by atoms with Crippen LogP contribution in [-0.4, -0.2) is 0 Å². The van der Waals surface area contributed by atoms with E-state index < -0.39 is 30.5 Å². The van der Waals surface area contributed by atoms with Crippen molar-refractivity contribution in [1.29, 1.82) is 0 Å². The van der Waals surface area contributed by atoms with E-state index in [4.69, 9.17) is 101 Å². The normalized spacial score (nSPS) is 34.3. The summed E-state index contributed by atoms with van der Waals surface area (Å²) in [6.45, 7) is -4.45. The van der Waals surface area contributed by atoms with Gasteiger partial charge in [0.25, 0.3) is 23.6 Å². The average molecular weight is 563 g/mol. The molecule has 1 heterocycles. The van der Waals surface area contributed by atoms with Crippen LogP contribution in [0.4, 0.5) is 4.20 Å². The molecule has 0 radical (unpaired) electrons. The molecule has 120 valence electrons. The Hall–Kier alpha value is 3.69. The summed E-state index contributed by atoms with van der Waals surface area (Å²) >= 11 is 51.7. The largest absolute Gasteiger partial charge is 0.338 e. The van der Waals surface area contributed by atoms with Gasteiger partial charge in [-0.2, -0.15) is 26.8 Å². The molecule has 0 aliphatic carbocycles. The molecule has 20 heteroatoms. The van der Waals surface area contributed by atoms with E-state index >= 15 is 0 Å². The molecular formula is Cl9FN5P5. The van der Waals surface area contributed by atoms with Crippen molar-refractivity contribution in [2.24, 2.45) is 22.6 Å². The van der Waals surface area contributed by atoms with Gasteiger partial charge in [0.2, 0.25) is 0 Å². The van der Waals surface area contributed by atoms with Gasteiger partial charge >= 0.3 is 6.87 Å². The van der Waals surface area contributed by atoms with Crippen molar-refractivity contribution >= 4 is 132 Å². The van der Waals surface area contributed by atoms with E-state index in [0.717, 1.165) is 0 Å². The standard InChI is InChI=1S/Cl9FN5P5/c1-16(2)11-17(3,4)13-19(7,8)15-20(9,10)14-18(5,6)12-16. The Morgan fingerprint density at radius 3 is 1.05 bits per heavy atom. The number of rotatable bonds is 0. The fraction of sp³-hybridized carbons (Fsp3) is 0. The molecule has 0 fully saturated rings. The molecule has 0 bridgehead atoms. The first-order chi connectivity index (χ1) is 8.54. The van der Waals surface area contributed by atoms with E-state index in [-0.39, 0.29) is 0 Å². The van der Waals surface area contributed by atoms with E-state index in [9.17, 15) is 4.20 Å². The zero-order valence-electron chi connectivity index (χ0n) is 8.25. The Kier molecular flexibility index (Phi) is 7.75. The molecule has 0 aromatic carbocycles. The van der Waals surface area contributed by atoms with E-state index in [2.05, 4.69) is 22.6 Å². The lowest BCUT2D eigenvalue weighted by Crippen LogP contribution is -1.62. The molecule has 1 rings (SSSR count). The first-order valence-corrected chi connectivity index (χ1v) is 20.2. The molecule has 1 atom stereocenters. The maximum Gasteiger partial charge on any atom is 0.338 e. The Labute approximate surface area is 157 Å². The zero-order valence-corrected chi connectivity index (χ0v) is 19.5. The number of halogens is 10. The first-order valence-electron chi connectivity index (χ1n) is 3.69. The van der Waals surface area contributed by atoms with Crippen LogP contribution in [-0.2, 0) is 0 Å². The summed E-state index contributed by atoms with van der Waals surface area (Å²) in [5.41, 5.74) is 0. The Morgan fingerprint density at radius 2 is 0.700 bits per heavy atom. The minimum atomic E-state index is -4.45. The predicted molar refractivity (Wildman–Crippen MR) is 101 cm³/mol. The van der Waals surface area contributed by atoms with E-state index in [1.54, 1.807) is 0 Å². The molecule has 0 saturated carbocycles. The summed E-state index contributed by atoms with van der Waals surface area (Å²) in [5, 5.41) is 0. The summed E-state index contributed by atoms with van der Waals surface area (Å²) in [6, 6.07) is 0. The van der Waals surface area contributed by atoms with Crippen LogP contribution in [0.1, 0.15) is 0 Å². The summed E-state index contributed by atoms with van der Waals surface area (Å²) in [5.74, 6) is -14.6. The molecular weight excluding hydrogens is 563 g/mol. The maximum atomic E-state index is 14.1. The van der Waals surface area contributed by atoms with Crippen LogP contribution in [0.15, 0.2) is 22.6 Å². The lowest BCUT2D eigenvalue weighted by Gasteiger charge is -2.15. The second-order valence-corrected chi connectivity index (χ2v) is 25.5. The van der Waals surface area contributed by atoms with Crippen molar-refractivity contribution in [3.63, 3.8) is 0 Å². The molecule has 0 aromatic heterocycles. The summed E-state index contributed by atoms with van der Waals surface area (Å²) in [7, 11) is 0. The van der Waals surface area contributed by atoms with Crippen molar-refractivity contribution < 1.29 is 4.20 Å². The van der Waals surface area contributed by atoms with Gasteiger partial charge in [-0.15, -0.1) is 0 Å². The maximum absolute atomic E-state index is 14.1. The van der Waals surface area contributed by atoms with Gasteiger partial charge in [0.1, 0.15) is 0 Å². The minimum absolute atomic E-state index is 3.28. The van der Waals surface area contributed by atoms with Crippen molar-refractivity contribution in [3.05, 3.63) is 0 Å². The quantitative estimate of drug-likeness (QED) is 0.264. The molecule has 20 heavy (non-hydrogen) atoms. The van der Waals surface area contributed by atoms with Crippen LogP contribution in [0.2, 0.25) is 0 Å². The highest BCUT2D eigenvalue weighted by Crippen LogP contribution is 2.88. The first kappa shape index (κ1) is 21.7. The van der Waals surface area contributed by atoms with Crippen molar-refractivity contribution in [3.8, 4) is 0 Å². The molecule has 1 unspecified atom stereocenters. The summed E-state index contributed by atoms with van der Waals surface area (Å²) in [4.78, 5) is 0. The van der Waals surface area contributed by atoms with Gasteiger partial charge in [0.15, 0.2) is 0 Å². The third kappa shape index (κ3) is 8.18. The predicted octanol–water partition coefficient (Wildman–Crippen LogP) is 11.8. The second kappa shape index (κ2) is 7.13. The zero-order chi connectivity index (χ0) is 16.0. The fourth-order valence-electron chi connectivity index (χ4n) is 0.737. The molecule has 0 N–H and O–H groups in total. The van der Waals surface area contributed by atoms with Crippen LogP contribution >= 0.6 is 132 Å². The highest BCUT2D eigenvalue weighted by molar-refractivity contribution is 8.25. The van der Waals surface area contributed by atoms with Crippen LogP contribution in [0.25, 0.3) is 0 Å².